The third-order valence-electron chi connectivity index (χ3n) is 2.33. The van der Waals surface area contributed by atoms with Crippen LogP contribution in [0.5, 0.6) is 0 Å². The van der Waals surface area contributed by atoms with Crippen LogP contribution in [0.4, 0.5) is 0 Å². The van der Waals surface area contributed by atoms with E-state index in [1.165, 1.54) is 12.8 Å². The van der Waals surface area contributed by atoms with Crippen molar-refractivity contribution in [3.05, 3.63) is 18.0 Å². The third kappa shape index (κ3) is 1.87. The van der Waals surface area contributed by atoms with Gasteiger partial charge in [-0.2, -0.15) is 10.4 Å². The lowest BCUT2D eigenvalue weighted by Gasteiger charge is -2.08. The lowest BCUT2D eigenvalue weighted by atomic mass is 10.2. The van der Waals surface area contributed by atoms with E-state index in [1.807, 2.05) is 4.68 Å². The van der Waals surface area contributed by atoms with Crippen molar-refractivity contribution in [3.63, 3.8) is 0 Å². The molecule has 1 aromatic heterocycles. The minimum Gasteiger partial charge on any atom is -0.312 e. The molecular formula is C9H12N4. The summed E-state index contributed by atoms with van der Waals surface area (Å²) in [6, 6.07) is 2.60. The molecule has 0 amide bonds. The third-order valence-corrected chi connectivity index (χ3v) is 2.33. The molecule has 1 saturated heterocycles. The largest absolute Gasteiger partial charge is 0.312 e. The highest BCUT2D eigenvalue weighted by Crippen LogP contribution is 2.07. The van der Waals surface area contributed by atoms with E-state index < -0.39 is 0 Å². The highest BCUT2D eigenvalue weighted by atomic mass is 15.3. The molecule has 1 aromatic rings. The summed E-state index contributed by atoms with van der Waals surface area (Å²) in [5.74, 6) is 0. The predicted molar refractivity (Wildman–Crippen MR) is 48.0 cm³/mol. The minimum absolute atomic E-state index is 0.534. The summed E-state index contributed by atoms with van der Waals surface area (Å²) in [6.45, 7) is 1.98. The molecule has 0 spiro atoms. The molecule has 1 atom stereocenters. The zero-order valence-corrected chi connectivity index (χ0v) is 7.40. The first-order chi connectivity index (χ1) is 6.38. The first-order valence-electron chi connectivity index (χ1n) is 4.54. The Labute approximate surface area is 77.2 Å². The molecule has 2 rings (SSSR count). The zero-order chi connectivity index (χ0) is 9.10. The van der Waals surface area contributed by atoms with Crippen LogP contribution in [0.25, 0.3) is 0 Å². The van der Waals surface area contributed by atoms with Gasteiger partial charge in [0.15, 0.2) is 0 Å². The van der Waals surface area contributed by atoms with Crippen molar-refractivity contribution in [1.82, 2.24) is 15.1 Å². The number of aromatic nitrogens is 2. The van der Waals surface area contributed by atoms with Crippen LogP contribution in [0, 0.1) is 11.3 Å². The van der Waals surface area contributed by atoms with E-state index in [-0.39, 0.29) is 0 Å². The lowest BCUT2D eigenvalue weighted by Crippen LogP contribution is -2.26. The van der Waals surface area contributed by atoms with Crippen LogP contribution in [0.15, 0.2) is 12.4 Å². The fraction of sp³-hybridized carbons (Fsp3) is 0.556. The minimum atomic E-state index is 0.534. The van der Waals surface area contributed by atoms with Gasteiger partial charge in [0.25, 0.3) is 0 Å². The number of hydrogen-bond acceptors (Lipinski definition) is 3. The molecule has 1 fully saturated rings. The van der Waals surface area contributed by atoms with Crippen LogP contribution < -0.4 is 5.32 Å². The predicted octanol–water partition coefficient (Wildman–Crippen LogP) is 0.507. The average molecular weight is 176 g/mol. The number of nitrogens with zero attached hydrogens (tertiary/aromatic N) is 3. The Kier molecular flexibility index (Phi) is 2.28. The number of hydrogen-bond donors (Lipinski definition) is 1. The molecule has 0 saturated carbocycles. The maximum atomic E-state index is 8.59. The summed E-state index contributed by atoms with van der Waals surface area (Å²) in [5.41, 5.74) is 0.637. The first-order valence-corrected chi connectivity index (χ1v) is 4.54. The van der Waals surface area contributed by atoms with Gasteiger partial charge in [0.1, 0.15) is 6.07 Å². The van der Waals surface area contributed by atoms with E-state index in [0.29, 0.717) is 11.6 Å². The van der Waals surface area contributed by atoms with E-state index >= 15 is 0 Å². The second kappa shape index (κ2) is 3.58. The SMILES string of the molecule is N#Cc1cnn(CC2CCCN2)c1. The van der Waals surface area contributed by atoms with Gasteiger partial charge in [0.05, 0.1) is 18.3 Å². The Bertz CT molecular complexity index is 317. The summed E-state index contributed by atoms with van der Waals surface area (Å²) in [5, 5.41) is 16.1. The molecule has 1 N–H and O–H groups in total. The molecule has 0 bridgehead atoms. The van der Waals surface area contributed by atoms with Crippen molar-refractivity contribution < 1.29 is 0 Å². The average Bonchev–Trinajstić information content (AvgIpc) is 2.76. The van der Waals surface area contributed by atoms with Crippen LogP contribution in [0.1, 0.15) is 18.4 Å². The lowest BCUT2D eigenvalue weighted by molar-refractivity contribution is 0.476. The Morgan fingerprint density at radius 2 is 2.69 bits per heavy atom. The van der Waals surface area contributed by atoms with Gasteiger partial charge >= 0.3 is 0 Å². The summed E-state index contributed by atoms with van der Waals surface area (Å²) >= 11 is 0. The smallest absolute Gasteiger partial charge is 0.102 e. The molecule has 0 aromatic carbocycles. The van der Waals surface area contributed by atoms with Gasteiger partial charge in [-0.3, -0.25) is 4.68 Å². The van der Waals surface area contributed by atoms with Crippen LogP contribution in [0.3, 0.4) is 0 Å². The summed E-state index contributed by atoms with van der Waals surface area (Å²) < 4.78 is 1.83. The quantitative estimate of drug-likeness (QED) is 0.714. The molecule has 1 unspecified atom stereocenters. The summed E-state index contributed by atoms with van der Waals surface area (Å²) in [7, 11) is 0. The maximum Gasteiger partial charge on any atom is 0.102 e. The van der Waals surface area contributed by atoms with Crippen molar-refractivity contribution >= 4 is 0 Å². The van der Waals surface area contributed by atoms with Crippen molar-refractivity contribution in [3.8, 4) is 6.07 Å². The van der Waals surface area contributed by atoms with Gasteiger partial charge in [-0.15, -0.1) is 0 Å². The van der Waals surface area contributed by atoms with Gasteiger partial charge < -0.3 is 5.32 Å². The Morgan fingerprint density at radius 1 is 1.77 bits per heavy atom. The van der Waals surface area contributed by atoms with Crippen LogP contribution in [0.2, 0.25) is 0 Å². The van der Waals surface area contributed by atoms with Gasteiger partial charge in [-0.1, -0.05) is 0 Å². The maximum absolute atomic E-state index is 8.59. The number of nitrogens with one attached hydrogen (secondary N) is 1. The Morgan fingerprint density at radius 3 is 3.31 bits per heavy atom. The van der Waals surface area contributed by atoms with Crippen molar-refractivity contribution in [2.75, 3.05) is 6.54 Å². The van der Waals surface area contributed by atoms with E-state index in [0.717, 1.165) is 13.1 Å². The summed E-state index contributed by atoms with van der Waals surface area (Å²) in [4.78, 5) is 0. The monoisotopic (exact) mass is 176 g/mol. The molecule has 13 heavy (non-hydrogen) atoms. The van der Waals surface area contributed by atoms with Crippen molar-refractivity contribution in [2.45, 2.75) is 25.4 Å². The zero-order valence-electron chi connectivity index (χ0n) is 7.40. The van der Waals surface area contributed by atoms with E-state index in [1.54, 1.807) is 12.4 Å². The van der Waals surface area contributed by atoms with Crippen LogP contribution in [-0.4, -0.2) is 22.4 Å². The number of nitriles is 1. The van der Waals surface area contributed by atoms with E-state index in [2.05, 4.69) is 16.5 Å². The molecule has 2 heterocycles. The highest BCUT2D eigenvalue weighted by molar-refractivity contribution is 5.21. The molecule has 68 valence electrons. The normalized spacial score (nSPS) is 21.6. The highest BCUT2D eigenvalue weighted by Gasteiger charge is 2.14. The Hall–Kier alpha value is -1.34. The van der Waals surface area contributed by atoms with E-state index in [9.17, 15) is 0 Å². The van der Waals surface area contributed by atoms with Crippen LogP contribution >= 0.6 is 0 Å². The molecular weight excluding hydrogens is 164 g/mol. The van der Waals surface area contributed by atoms with Gasteiger partial charge in [-0.25, -0.2) is 0 Å². The topological polar surface area (TPSA) is 53.6 Å². The van der Waals surface area contributed by atoms with E-state index in [4.69, 9.17) is 5.26 Å². The molecule has 0 radical (unpaired) electrons. The van der Waals surface area contributed by atoms with Gasteiger partial charge in [-0.05, 0) is 19.4 Å². The second-order valence-electron chi connectivity index (χ2n) is 3.36. The van der Waals surface area contributed by atoms with Crippen LogP contribution in [-0.2, 0) is 6.54 Å². The van der Waals surface area contributed by atoms with Crippen molar-refractivity contribution in [2.24, 2.45) is 0 Å². The number of rotatable bonds is 2. The molecule has 1 aliphatic rings. The van der Waals surface area contributed by atoms with Gasteiger partial charge in [0.2, 0.25) is 0 Å². The fourth-order valence-corrected chi connectivity index (χ4v) is 1.66. The standard InChI is InChI=1S/C9H12N4/c10-4-8-5-12-13(6-8)7-9-2-1-3-11-9/h5-6,9,11H,1-3,7H2. The molecule has 4 heteroatoms. The molecule has 4 nitrogen and oxygen atoms in total. The first kappa shape index (κ1) is 8.27. The van der Waals surface area contributed by atoms with Crippen molar-refractivity contribution in [1.29, 1.82) is 5.26 Å². The molecule has 0 aliphatic carbocycles. The fourth-order valence-electron chi connectivity index (χ4n) is 1.66. The molecule has 1 aliphatic heterocycles. The second-order valence-corrected chi connectivity index (χ2v) is 3.36. The van der Waals surface area contributed by atoms with Gasteiger partial charge in [0, 0.05) is 12.2 Å². The Balaban J connectivity index is 1.97. The summed E-state index contributed by atoms with van der Waals surface area (Å²) in [6.07, 6.45) is 5.85.